The average Bonchev–Trinajstić information content (AvgIpc) is 3.20. The zero-order valence-corrected chi connectivity index (χ0v) is 17.3. The van der Waals surface area contributed by atoms with E-state index < -0.39 is 0 Å². The van der Waals surface area contributed by atoms with Gasteiger partial charge in [-0.3, -0.25) is 0 Å². The van der Waals surface area contributed by atoms with Crippen LogP contribution in [0, 0.1) is 0 Å². The van der Waals surface area contributed by atoms with Crippen LogP contribution in [0.25, 0.3) is 11.6 Å². The fraction of sp³-hybridized carbons (Fsp3) is 0.348. The average molecular weight is 394 g/mol. The topological polar surface area (TPSA) is 63.5 Å². The number of benzene rings is 2. The summed E-state index contributed by atoms with van der Waals surface area (Å²) >= 11 is 0. The smallest absolute Gasteiger partial charge is 0.167 e. The van der Waals surface area contributed by atoms with Gasteiger partial charge in [-0.15, -0.1) is 0 Å². The second kappa shape index (κ2) is 7.79. The first kappa shape index (κ1) is 19.3. The van der Waals surface area contributed by atoms with Crippen LogP contribution >= 0.6 is 0 Å². The summed E-state index contributed by atoms with van der Waals surface area (Å²) in [7, 11) is 3.97. The second-order valence-electron chi connectivity index (χ2n) is 7.23. The molecule has 1 aliphatic heterocycles. The maximum absolute atomic E-state index is 10.9. The van der Waals surface area contributed by atoms with Gasteiger partial charge in [0, 0.05) is 17.7 Å². The highest BCUT2D eigenvalue weighted by Crippen LogP contribution is 2.51. The van der Waals surface area contributed by atoms with Gasteiger partial charge in [0.25, 0.3) is 0 Å². The number of nitrogens with zero attached hydrogens (tertiary/aromatic N) is 2. The van der Waals surface area contributed by atoms with E-state index in [4.69, 9.17) is 19.2 Å². The van der Waals surface area contributed by atoms with Crippen molar-refractivity contribution in [3.05, 3.63) is 41.0 Å². The van der Waals surface area contributed by atoms with Gasteiger partial charge >= 0.3 is 0 Å². The third-order valence-corrected chi connectivity index (χ3v) is 4.94. The Labute approximate surface area is 171 Å². The number of phenols is 1. The summed E-state index contributed by atoms with van der Waals surface area (Å²) in [6, 6.07) is 7.62. The lowest BCUT2D eigenvalue weighted by molar-refractivity contribution is 0.252. The van der Waals surface area contributed by atoms with Crippen LogP contribution in [0.3, 0.4) is 0 Å². The van der Waals surface area contributed by atoms with Gasteiger partial charge in [-0.25, -0.2) is 4.99 Å². The van der Waals surface area contributed by atoms with Crippen molar-refractivity contribution >= 4 is 23.0 Å². The molecule has 2 aromatic rings. The SMILES string of the molecule is CCOc1cc2c(cc1OCC)C1=Nc3ccc(OCCN(C)C)c(O)c3C1=C2. The number of fused-ring (bicyclic) bond motifs is 5. The molecular weight excluding hydrogens is 368 g/mol. The highest BCUT2D eigenvalue weighted by atomic mass is 16.5. The Kier molecular flexibility index (Phi) is 5.20. The van der Waals surface area contributed by atoms with E-state index in [2.05, 4.69) is 0 Å². The predicted molar refractivity (Wildman–Crippen MR) is 115 cm³/mol. The highest BCUT2D eigenvalue weighted by molar-refractivity contribution is 6.43. The van der Waals surface area contributed by atoms with Crippen LogP contribution in [-0.4, -0.2) is 56.2 Å². The van der Waals surface area contributed by atoms with E-state index >= 15 is 0 Å². The lowest BCUT2D eigenvalue weighted by Gasteiger charge is -2.13. The molecule has 0 saturated heterocycles. The predicted octanol–water partition coefficient (Wildman–Crippen LogP) is 4.12. The first-order chi connectivity index (χ1) is 14.0. The first-order valence-corrected chi connectivity index (χ1v) is 9.92. The van der Waals surface area contributed by atoms with Crippen molar-refractivity contribution in [3.8, 4) is 23.0 Å². The molecule has 6 nitrogen and oxygen atoms in total. The van der Waals surface area contributed by atoms with Crippen molar-refractivity contribution in [1.29, 1.82) is 0 Å². The fourth-order valence-electron chi connectivity index (χ4n) is 3.61. The minimum Gasteiger partial charge on any atom is -0.504 e. The molecule has 29 heavy (non-hydrogen) atoms. The third kappa shape index (κ3) is 3.44. The number of aliphatic imine (C=N–C) groups is 1. The molecule has 0 radical (unpaired) electrons. The maximum Gasteiger partial charge on any atom is 0.167 e. The number of hydrogen-bond acceptors (Lipinski definition) is 6. The summed E-state index contributed by atoms with van der Waals surface area (Å²) in [5.74, 6) is 2.03. The molecule has 0 amide bonds. The number of ether oxygens (including phenoxy) is 3. The zero-order valence-electron chi connectivity index (χ0n) is 17.3. The van der Waals surface area contributed by atoms with Crippen LogP contribution in [0.5, 0.6) is 23.0 Å². The van der Waals surface area contributed by atoms with Crippen molar-refractivity contribution in [2.24, 2.45) is 4.99 Å². The minimum absolute atomic E-state index is 0.133. The van der Waals surface area contributed by atoms with Gasteiger partial charge in [-0.2, -0.15) is 0 Å². The Bertz CT molecular complexity index is 1010. The molecular formula is C23H26N2O4. The molecule has 1 heterocycles. The van der Waals surface area contributed by atoms with Gasteiger partial charge in [0.2, 0.25) is 0 Å². The molecule has 0 atom stereocenters. The monoisotopic (exact) mass is 394 g/mol. The Morgan fingerprint density at radius 3 is 2.38 bits per heavy atom. The van der Waals surface area contributed by atoms with Crippen molar-refractivity contribution < 1.29 is 19.3 Å². The van der Waals surface area contributed by atoms with E-state index in [1.165, 1.54) is 0 Å². The molecule has 2 aliphatic rings. The Hall–Kier alpha value is -2.99. The van der Waals surface area contributed by atoms with E-state index in [1.54, 1.807) is 6.07 Å². The van der Waals surface area contributed by atoms with Gasteiger partial charge in [0.15, 0.2) is 23.0 Å². The molecule has 0 saturated carbocycles. The van der Waals surface area contributed by atoms with Crippen LogP contribution in [0.1, 0.15) is 30.5 Å². The number of hydrogen-bond donors (Lipinski definition) is 1. The molecule has 0 aromatic heterocycles. The summed E-state index contributed by atoms with van der Waals surface area (Å²) in [6.07, 6.45) is 2.04. The van der Waals surface area contributed by atoms with E-state index in [9.17, 15) is 5.11 Å². The molecule has 0 spiro atoms. The summed E-state index contributed by atoms with van der Waals surface area (Å²) in [5, 5.41) is 10.9. The highest BCUT2D eigenvalue weighted by Gasteiger charge is 2.33. The van der Waals surface area contributed by atoms with Crippen LogP contribution in [-0.2, 0) is 0 Å². The number of likely N-dealkylation sites (N-methyl/N-ethyl adjacent to an activating group) is 1. The normalized spacial score (nSPS) is 13.6. The lowest BCUT2D eigenvalue weighted by atomic mass is 10.0. The number of rotatable bonds is 8. The molecule has 4 rings (SSSR count). The molecule has 2 aromatic carbocycles. The zero-order chi connectivity index (χ0) is 20.5. The van der Waals surface area contributed by atoms with Crippen LogP contribution < -0.4 is 14.2 Å². The number of phenolic OH excluding ortho intramolecular Hbond substituents is 1. The van der Waals surface area contributed by atoms with Crippen molar-refractivity contribution in [2.75, 3.05) is 40.5 Å². The second-order valence-corrected chi connectivity index (χ2v) is 7.23. The van der Waals surface area contributed by atoms with Gasteiger partial charge in [-0.05, 0) is 63.8 Å². The van der Waals surface area contributed by atoms with E-state index in [-0.39, 0.29) is 5.75 Å². The van der Waals surface area contributed by atoms with Crippen molar-refractivity contribution in [1.82, 2.24) is 4.90 Å². The van der Waals surface area contributed by atoms with Crippen LogP contribution in [0.4, 0.5) is 5.69 Å². The largest absolute Gasteiger partial charge is 0.504 e. The van der Waals surface area contributed by atoms with Gasteiger partial charge in [-0.1, -0.05) is 0 Å². The number of allylic oxidation sites excluding steroid dienone is 1. The van der Waals surface area contributed by atoms with Gasteiger partial charge in [0.05, 0.1) is 30.2 Å². The summed E-state index contributed by atoms with van der Waals surface area (Å²) in [4.78, 5) is 6.81. The minimum atomic E-state index is 0.133. The standard InChI is InChI=1S/C23H26N2O4/c1-5-27-19-12-14-11-16-21-17(24-22(16)15(14)13-20(19)28-6-2)7-8-18(23(21)26)29-10-9-25(3)4/h7-8,11-13,26H,5-6,9-10H2,1-4H3. The van der Waals surface area contributed by atoms with Gasteiger partial charge < -0.3 is 24.2 Å². The van der Waals surface area contributed by atoms with E-state index in [1.807, 2.05) is 57.1 Å². The fourth-order valence-corrected chi connectivity index (χ4v) is 3.61. The lowest BCUT2D eigenvalue weighted by Crippen LogP contribution is -2.19. The third-order valence-electron chi connectivity index (χ3n) is 4.94. The molecule has 0 bridgehead atoms. The Morgan fingerprint density at radius 2 is 1.69 bits per heavy atom. The van der Waals surface area contributed by atoms with Crippen LogP contribution in [0.15, 0.2) is 29.3 Å². The molecule has 1 N–H and O–H groups in total. The first-order valence-electron chi connectivity index (χ1n) is 9.92. The Balaban J connectivity index is 1.69. The molecule has 0 fully saturated rings. The molecule has 6 heteroatoms. The number of aromatic hydroxyl groups is 1. The van der Waals surface area contributed by atoms with E-state index in [0.717, 1.165) is 46.0 Å². The van der Waals surface area contributed by atoms with Gasteiger partial charge in [0.1, 0.15) is 6.61 Å². The molecule has 0 unspecified atom stereocenters. The van der Waals surface area contributed by atoms with E-state index in [0.29, 0.717) is 31.3 Å². The van der Waals surface area contributed by atoms with Crippen molar-refractivity contribution in [2.45, 2.75) is 13.8 Å². The van der Waals surface area contributed by atoms with Crippen LogP contribution in [0.2, 0.25) is 0 Å². The molecule has 152 valence electrons. The van der Waals surface area contributed by atoms with Crippen molar-refractivity contribution in [3.63, 3.8) is 0 Å². The maximum atomic E-state index is 10.9. The summed E-state index contributed by atoms with van der Waals surface area (Å²) in [6.45, 7) is 6.29. The quantitative estimate of drug-likeness (QED) is 0.730. The summed E-state index contributed by atoms with van der Waals surface area (Å²) in [5.41, 5.74) is 5.21. The Morgan fingerprint density at radius 1 is 0.966 bits per heavy atom. The molecule has 1 aliphatic carbocycles. The summed E-state index contributed by atoms with van der Waals surface area (Å²) < 4.78 is 17.3.